The van der Waals surface area contributed by atoms with Crippen molar-refractivity contribution in [3.63, 3.8) is 0 Å². The van der Waals surface area contributed by atoms with Gasteiger partial charge >= 0.3 is 0 Å². The Morgan fingerprint density at radius 3 is 0.563 bits per heavy atom. The minimum atomic E-state index is -0.0522. The third-order valence-corrected chi connectivity index (χ3v) is 29.1. The molecule has 0 radical (unpaired) electrons. The summed E-state index contributed by atoms with van der Waals surface area (Å²) in [6.45, 7) is 37.4. The number of rotatable bonds is 18. The molecule has 4 nitrogen and oxygen atoms in total. The average Bonchev–Trinajstić information content (AvgIpc) is 0.718. The lowest BCUT2D eigenvalue weighted by Crippen LogP contribution is -2.17. The van der Waals surface area contributed by atoms with Crippen LogP contribution in [-0.4, -0.2) is 0 Å². The maximum Gasteiger partial charge on any atom is 0.0620 e. The van der Waals surface area contributed by atoms with Crippen LogP contribution in [0.2, 0.25) is 0 Å². The Morgan fingerprint density at radius 1 is 0.198 bits per heavy atom. The molecule has 4 aliphatic carbocycles. The van der Waals surface area contributed by atoms with Gasteiger partial charge in [-0.2, -0.15) is 0 Å². The molecule has 4 aliphatic rings. The summed E-state index contributed by atoms with van der Waals surface area (Å²) in [4.78, 5) is 10.3. The van der Waals surface area contributed by atoms with Gasteiger partial charge in [-0.15, -0.1) is 0 Å². The summed E-state index contributed by atoms with van der Waals surface area (Å²) in [5.41, 5.74) is 28.2. The van der Waals surface area contributed by atoms with Gasteiger partial charge in [0.2, 0.25) is 0 Å². The predicted molar refractivity (Wildman–Crippen MR) is 548 cm³/mol. The third kappa shape index (κ3) is 18.6. The Labute approximate surface area is 756 Å². The average molecular weight is 1660 g/mol. The minimum Gasteiger partial charge on any atom is -0.309 e. The first-order valence-corrected chi connectivity index (χ1v) is 48.7. The Bertz CT molecular complexity index is 5670. The molecule has 0 spiro atoms. The molecule has 18 rings (SSSR count). The molecule has 4 heteroatoms. The Morgan fingerprint density at radius 2 is 0.381 bits per heavy atom. The zero-order valence-corrected chi connectivity index (χ0v) is 79.0. The molecule has 14 aromatic rings. The van der Waals surface area contributed by atoms with Crippen molar-refractivity contribution in [1.29, 1.82) is 0 Å². The van der Waals surface area contributed by atoms with Crippen molar-refractivity contribution < 1.29 is 0 Å². The lowest BCUT2D eigenvalue weighted by atomic mass is 9.82. The van der Waals surface area contributed by atoms with Crippen molar-refractivity contribution in [1.82, 2.24) is 0 Å². The lowest BCUT2D eigenvalue weighted by Gasteiger charge is -2.34. The molecule has 0 bridgehead atoms. The van der Waals surface area contributed by atoms with E-state index in [1.54, 1.807) is 0 Å². The van der Waals surface area contributed by atoms with Gasteiger partial charge in [0.15, 0.2) is 0 Å². The molecule has 0 aliphatic heterocycles. The number of fused-ring (bicyclic) bond motifs is 4. The molecule has 4 fully saturated rings. The van der Waals surface area contributed by atoms with Crippen LogP contribution in [0.15, 0.2) is 279 Å². The lowest BCUT2D eigenvalue weighted by molar-refractivity contribution is 0.443. The molecule has 4 saturated carbocycles. The molecule has 0 unspecified atom stereocenters. The number of hydrogen-bond acceptors (Lipinski definition) is 4. The zero-order valence-electron chi connectivity index (χ0n) is 79.0. The molecule has 0 aromatic heterocycles. The molecule has 648 valence electrons. The van der Waals surface area contributed by atoms with E-state index in [-0.39, 0.29) is 21.7 Å². The second-order valence-corrected chi connectivity index (χ2v) is 42.6. The van der Waals surface area contributed by atoms with Gasteiger partial charge in [0.25, 0.3) is 0 Å². The van der Waals surface area contributed by atoms with Crippen LogP contribution in [0.4, 0.5) is 68.2 Å². The van der Waals surface area contributed by atoms with E-state index in [0.717, 1.165) is 11.4 Å². The third-order valence-electron chi connectivity index (χ3n) is 29.1. The zero-order chi connectivity index (χ0) is 87.8. The normalized spacial score (nSPS) is 15.6. The highest BCUT2D eigenvalue weighted by molar-refractivity contribution is 6.25. The first kappa shape index (κ1) is 87.4. The van der Waals surface area contributed by atoms with E-state index in [9.17, 15) is 0 Å². The van der Waals surface area contributed by atoms with Crippen LogP contribution in [0.1, 0.15) is 330 Å². The number of nitrogens with zero attached hydrogens (tertiary/aromatic N) is 4. The Hall–Kier alpha value is -10.7. The van der Waals surface area contributed by atoms with Crippen molar-refractivity contribution in [2.24, 2.45) is 0 Å². The highest BCUT2D eigenvalue weighted by atomic mass is 15.2. The smallest absolute Gasteiger partial charge is 0.0620 e. The maximum absolute atomic E-state index is 2.59. The second kappa shape index (κ2) is 37.0. The monoisotopic (exact) mass is 1660 g/mol. The van der Waals surface area contributed by atoms with Gasteiger partial charge in [0, 0.05) is 88.6 Å². The summed E-state index contributed by atoms with van der Waals surface area (Å²) in [5, 5.41) is 10.0. The van der Waals surface area contributed by atoms with Crippen molar-refractivity contribution in [3.05, 3.63) is 335 Å². The predicted octanol–water partition coefficient (Wildman–Crippen LogP) is 37.5. The largest absolute Gasteiger partial charge is 0.309 e. The van der Waals surface area contributed by atoms with Gasteiger partial charge in [-0.05, 0) is 285 Å². The van der Waals surface area contributed by atoms with Crippen LogP contribution in [0, 0.1) is 0 Å². The van der Waals surface area contributed by atoms with Crippen LogP contribution < -0.4 is 19.6 Å². The number of para-hydroxylation sites is 2. The fraction of sp³-hybridized carbons (Fsp3) is 0.377. The first-order chi connectivity index (χ1) is 60.7. The van der Waals surface area contributed by atoms with E-state index in [0.29, 0.717) is 35.5 Å². The van der Waals surface area contributed by atoms with Gasteiger partial charge < -0.3 is 19.6 Å². The fourth-order valence-corrected chi connectivity index (χ4v) is 21.3. The minimum absolute atomic E-state index is 0.0377. The van der Waals surface area contributed by atoms with Crippen LogP contribution >= 0.6 is 0 Å². The second-order valence-electron chi connectivity index (χ2n) is 42.6. The van der Waals surface area contributed by atoms with E-state index < -0.39 is 0 Å². The van der Waals surface area contributed by atoms with E-state index >= 15 is 0 Å². The molecular formula is C122H140N4. The van der Waals surface area contributed by atoms with Gasteiger partial charge in [0.1, 0.15) is 0 Å². The molecule has 0 saturated heterocycles. The number of hydrogen-bond donors (Lipinski definition) is 0. The van der Waals surface area contributed by atoms with E-state index in [1.807, 2.05) is 0 Å². The Kier molecular flexibility index (Phi) is 25.6. The van der Waals surface area contributed by atoms with Crippen LogP contribution in [0.25, 0.3) is 43.1 Å². The van der Waals surface area contributed by atoms with Crippen LogP contribution in [-0.2, 0) is 21.7 Å². The van der Waals surface area contributed by atoms with Crippen molar-refractivity contribution in [3.8, 4) is 0 Å². The van der Waals surface area contributed by atoms with E-state index in [2.05, 4.69) is 409 Å². The summed E-state index contributed by atoms with van der Waals surface area (Å²) < 4.78 is 0. The van der Waals surface area contributed by atoms with E-state index in [4.69, 9.17) is 0 Å². The molecule has 126 heavy (non-hydrogen) atoms. The van der Waals surface area contributed by atoms with Crippen LogP contribution in [0.5, 0.6) is 0 Å². The fourth-order valence-electron chi connectivity index (χ4n) is 21.3. The number of anilines is 12. The van der Waals surface area contributed by atoms with Gasteiger partial charge in [-0.1, -0.05) is 346 Å². The Balaban J connectivity index is 0.000000179. The quantitative estimate of drug-likeness (QED) is 0.0627. The van der Waals surface area contributed by atoms with Gasteiger partial charge in [-0.3, -0.25) is 0 Å². The van der Waals surface area contributed by atoms with Crippen molar-refractivity contribution in [2.75, 3.05) is 19.6 Å². The summed E-state index contributed by atoms with van der Waals surface area (Å²) in [6.07, 6.45) is 26.5. The van der Waals surface area contributed by atoms with Crippen molar-refractivity contribution in [2.45, 2.75) is 296 Å². The highest BCUT2D eigenvalue weighted by Crippen LogP contribution is 2.57. The summed E-state index contributed by atoms with van der Waals surface area (Å²) >= 11 is 0. The number of benzene rings is 14. The van der Waals surface area contributed by atoms with E-state index in [1.165, 1.54) is 284 Å². The molecule has 0 amide bonds. The molecular weight excluding hydrogens is 1520 g/mol. The first-order valence-electron chi connectivity index (χ1n) is 48.7. The van der Waals surface area contributed by atoms with Gasteiger partial charge in [0.05, 0.1) is 22.7 Å². The highest BCUT2D eigenvalue weighted by Gasteiger charge is 2.34. The van der Waals surface area contributed by atoms with Crippen molar-refractivity contribution >= 4 is 111 Å². The molecule has 0 N–H and O–H groups in total. The van der Waals surface area contributed by atoms with Crippen LogP contribution in [0.3, 0.4) is 0 Å². The summed E-state index contributed by atoms with van der Waals surface area (Å²) in [5.74, 6) is 3.51. The standard InChI is InChI=1S/C64H76N2.C58H64N2/c1-43(2)45-21-31-53(32-22-45)65(55-35-25-49(26-36-55)47-17-13-11-14-18-47)61-57-39-29-52(64(8,9)10)42-60(57)62(58-40-30-51(41-59(58)61)63(5,6)7)66(54-33-23-46(24-34-54)44(3)4)56-37-27-50(28-38-56)48-19-15-12-16-20-48;1-57(2,3)45-31-37-51-53(39-45)55(59(47-23-15-9-16-24-47)49-33-27-43(28-34-49)41-19-11-7-12-20-41)52-38-32-46(58(4,5)6)40-54(52)56(51)60(48-25-17-10-18-26-48)50-35-29-44(30-36-50)42-21-13-8-14-22-42/h21-44,47-48H,11-20H2,1-10H3;9-10,15-18,23-42H,7-8,11-14,19-22H2,1-6H3. The molecule has 0 atom stereocenters. The summed E-state index contributed by atoms with van der Waals surface area (Å²) in [7, 11) is 0. The molecule has 0 heterocycles. The summed E-state index contributed by atoms with van der Waals surface area (Å²) in [6, 6.07) is 109. The maximum atomic E-state index is 2.59. The topological polar surface area (TPSA) is 13.0 Å². The SMILES string of the molecule is CC(C)(C)c1ccc2c(N(c3ccccc3)c3ccc(C4CCCCC4)cc3)c3cc(C(C)(C)C)ccc3c(N(c3ccccc3)c3ccc(C4CCCCC4)cc3)c2c1.CC(C)c1ccc(N(c2ccc(C3CCCCC3)cc2)c2c3ccc(C(C)(C)C)cc3c(N(c3ccc(C(C)C)cc3)c3ccc(C4CCCCC4)cc3)c3ccc(C(C)(C)C)cc23)cc1. The molecule has 14 aromatic carbocycles. The van der Waals surface area contributed by atoms with Gasteiger partial charge in [-0.25, -0.2) is 0 Å².